The maximum Gasteiger partial charge on any atom is 0.0225 e. The summed E-state index contributed by atoms with van der Waals surface area (Å²) in [5.74, 6) is 0.318. The maximum absolute atomic E-state index is 6.36. The number of hydrogen-bond acceptors (Lipinski definition) is 1. The van der Waals surface area contributed by atoms with Crippen LogP contribution in [-0.4, -0.2) is 31.2 Å². The Labute approximate surface area is 156 Å². The minimum absolute atomic E-state index is 0.0831. The summed E-state index contributed by atoms with van der Waals surface area (Å²) in [7, 11) is -0.166. The summed E-state index contributed by atoms with van der Waals surface area (Å²) in [4.78, 5) is 0. The predicted octanol–water partition coefficient (Wildman–Crippen LogP) is 5.07. The smallest absolute Gasteiger partial charge is 0.0225 e. The molecule has 0 aliphatic heterocycles. The first kappa shape index (κ1) is 20.6. The summed E-state index contributed by atoms with van der Waals surface area (Å²) < 4.78 is 0. The van der Waals surface area contributed by atoms with E-state index in [0.717, 1.165) is 0 Å². The number of benzene rings is 2. The van der Waals surface area contributed by atoms with Gasteiger partial charge in [0.25, 0.3) is 0 Å². The largest absolute Gasteiger partial charge is 0.330 e. The summed E-state index contributed by atoms with van der Waals surface area (Å²) in [6, 6.07) is 18.1. The Hall–Kier alpha value is -0.740. The first-order chi connectivity index (χ1) is 12.2. The fraction of sp³-hybridized carbons (Fsp3) is 0.455. The molecule has 2 aromatic carbocycles. The van der Waals surface area contributed by atoms with Crippen molar-refractivity contribution in [2.24, 2.45) is 5.73 Å². The zero-order valence-electron chi connectivity index (χ0n) is 16.2. The van der Waals surface area contributed by atoms with Gasteiger partial charge in [0.2, 0.25) is 0 Å². The molecule has 0 spiro atoms. The minimum Gasteiger partial charge on any atom is -0.330 e. The lowest BCUT2D eigenvalue weighted by Crippen LogP contribution is -2.25. The van der Waals surface area contributed by atoms with Crippen molar-refractivity contribution in [3.8, 4) is 0 Å². The van der Waals surface area contributed by atoms with Crippen LogP contribution in [0.3, 0.4) is 0 Å². The third kappa shape index (κ3) is 4.71. The first-order valence-corrected chi connectivity index (χ1v) is 13.0. The Morgan fingerprint density at radius 2 is 1.04 bits per heavy atom. The van der Waals surface area contributed by atoms with Crippen LogP contribution in [0.2, 0.25) is 0 Å². The molecule has 2 N–H and O–H groups in total. The normalized spacial score (nSPS) is 11.7. The fourth-order valence-electron chi connectivity index (χ4n) is 3.69. The van der Waals surface area contributed by atoms with Crippen LogP contribution in [0.25, 0.3) is 0 Å². The Kier molecular flexibility index (Phi) is 8.57. The second-order valence-electron chi connectivity index (χ2n) is 6.25. The molecule has 0 radical (unpaired) electrons. The van der Waals surface area contributed by atoms with Crippen LogP contribution < -0.4 is 16.3 Å². The molecule has 0 unspecified atom stereocenters. The molecule has 0 saturated heterocycles. The van der Waals surface area contributed by atoms with Gasteiger partial charge in [0, 0.05) is 12.5 Å². The molecular formula is C22H33NP2. The van der Waals surface area contributed by atoms with Crippen molar-refractivity contribution in [2.75, 3.05) is 31.2 Å². The van der Waals surface area contributed by atoms with Crippen LogP contribution in [-0.2, 0) is 0 Å². The average Bonchev–Trinajstić information content (AvgIpc) is 2.66. The molecule has 136 valence electrons. The van der Waals surface area contributed by atoms with E-state index < -0.39 is 0 Å². The Morgan fingerprint density at radius 1 is 0.680 bits per heavy atom. The van der Waals surface area contributed by atoms with Crippen molar-refractivity contribution < 1.29 is 0 Å². The molecular weight excluding hydrogens is 340 g/mol. The first-order valence-electron chi connectivity index (χ1n) is 9.59. The lowest BCUT2D eigenvalue weighted by Gasteiger charge is -2.27. The topological polar surface area (TPSA) is 26.0 Å². The molecule has 2 aromatic rings. The second-order valence-corrected chi connectivity index (χ2v) is 11.9. The fourth-order valence-corrected chi connectivity index (χ4v) is 7.73. The van der Waals surface area contributed by atoms with E-state index in [0.29, 0.717) is 12.5 Å². The molecule has 0 aromatic heterocycles. The van der Waals surface area contributed by atoms with Crippen molar-refractivity contribution in [1.82, 2.24) is 0 Å². The van der Waals surface area contributed by atoms with Crippen molar-refractivity contribution in [2.45, 2.75) is 33.6 Å². The third-order valence-corrected chi connectivity index (χ3v) is 10.3. The van der Waals surface area contributed by atoms with Crippen molar-refractivity contribution >= 4 is 26.5 Å². The van der Waals surface area contributed by atoms with E-state index in [9.17, 15) is 0 Å². The van der Waals surface area contributed by atoms with Crippen LogP contribution in [0.1, 0.15) is 44.7 Å². The van der Waals surface area contributed by atoms with Crippen molar-refractivity contribution in [3.05, 3.63) is 59.7 Å². The lowest BCUT2D eigenvalue weighted by atomic mass is 9.91. The quantitative estimate of drug-likeness (QED) is 0.610. The molecule has 0 amide bonds. The van der Waals surface area contributed by atoms with Gasteiger partial charge in [0.05, 0.1) is 0 Å². The van der Waals surface area contributed by atoms with Gasteiger partial charge in [-0.2, -0.15) is 0 Å². The molecule has 25 heavy (non-hydrogen) atoms. The van der Waals surface area contributed by atoms with Gasteiger partial charge in [-0.3, -0.25) is 0 Å². The standard InChI is InChI=1S/C22H33NP2/c1-5-24(6-2)21-15-11-9-13-18(21)20(17-23)19-14-10-12-16-22(19)25(7-3)8-4/h9-16,20H,5-8,17,23H2,1-4H3. The predicted molar refractivity (Wildman–Crippen MR) is 119 cm³/mol. The van der Waals surface area contributed by atoms with E-state index in [4.69, 9.17) is 5.73 Å². The van der Waals surface area contributed by atoms with Crippen LogP contribution in [0.4, 0.5) is 0 Å². The summed E-state index contributed by atoms with van der Waals surface area (Å²) in [5.41, 5.74) is 9.29. The van der Waals surface area contributed by atoms with E-state index in [1.165, 1.54) is 35.8 Å². The van der Waals surface area contributed by atoms with Gasteiger partial charge < -0.3 is 5.73 Å². The number of hydrogen-bond donors (Lipinski definition) is 1. The molecule has 3 heteroatoms. The van der Waals surface area contributed by atoms with Gasteiger partial charge in [-0.05, 0) is 46.4 Å². The minimum atomic E-state index is -0.0831. The summed E-state index contributed by atoms with van der Waals surface area (Å²) >= 11 is 0. The zero-order chi connectivity index (χ0) is 18.2. The van der Waals surface area contributed by atoms with Crippen LogP contribution >= 0.6 is 15.8 Å². The van der Waals surface area contributed by atoms with E-state index in [2.05, 4.69) is 76.2 Å². The Morgan fingerprint density at radius 3 is 1.36 bits per heavy atom. The Bertz CT molecular complexity index is 592. The zero-order valence-corrected chi connectivity index (χ0v) is 18.0. The maximum atomic E-state index is 6.36. The number of rotatable bonds is 9. The van der Waals surface area contributed by atoms with E-state index in [1.807, 2.05) is 0 Å². The molecule has 0 fully saturated rings. The molecule has 0 bridgehead atoms. The molecule has 0 saturated carbocycles. The monoisotopic (exact) mass is 373 g/mol. The second kappa shape index (κ2) is 10.4. The van der Waals surface area contributed by atoms with Crippen molar-refractivity contribution in [1.29, 1.82) is 0 Å². The lowest BCUT2D eigenvalue weighted by molar-refractivity contribution is 0.829. The number of nitrogens with two attached hydrogens (primary N) is 1. The Balaban J connectivity index is 2.56. The SMILES string of the molecule is CCP(CC)c1ccccc1C(CN)c1ccccc1P(CC)CC. The molecule has 0 aliphatic carbocycles. The third-order valence-electron chi connectivity index (χ3n) is 5.07. The average molecular weight is 373 g/mol. The highest BCUT2D eigenvalue weighted by Gasteiger charge is 2.23. The highest BCUT2D eigenvalue weighted by atomic mass is 31.1. The molecule has 1 nitrogen and oxygen atoms in total. The summed E-state index contributed by atoms with van der Waals surface area (Å²) in [5, 5.41) is 3.12. The van der Waals surface area contributed by atoms with Gasteiger partial charge in [-0.15, -0.1) is 0 Å². The van der Waals surface area contributed by atoms with Crippen LogP contribution in [0.5, 0.6) is 0 Å². The highest BCUT2D eigenvalue weighted by molar-refractivity contribution is 7.66. The van der Waals surface area contributed by atoms with Gasteiger partial charge in [-0.1, -0.05) is 92.1 Å². The highest BCUT2D eigenvalue weighted by Crippen LogP contribution is 2.40. The molecule has 0 atom stereocenters. The van der Waals surface area contributed by atoms with E-state index in [-0.39, 0.29) is 15.8 Å². The van der Waals surface area contributed by atoms with E-state index in [1.54, 1.807) is 10.6 Å². The van der Waals surface area contributed by atoms with Crippen LogP contribution in [0, 0.1) is 0 Å². The van der Waals surface area contributed by atoms with Gasteiger partial charge >= 0.3 is 0 Å². The van der Waals surface area contributed by atoms with Gasteiger partial charge in [0.15, 0.2) is 0 Å². The summed E-state index contributed by atoms with van der Waals surface area (Å²) in [6.45, 7) is 9.98. The van der Waals surface area contributed by atoms with Crippen LogP contribution in [0.15, 0.2) is 48.5 Å². The van der Waals surface area contributed by atoms with E-state index >= 15 is 0 Å². The molecule has 0 aliphatic rings. The molecule has 0 heterocycles. The van der Waals surface area contributed by atoms with Crippen molar-refractivity contribution in [3.63, 3.8) is 0 Å². The van der Waals surface area contributed by atoms with Gasteiger partial charge in [0.1, 0.15) is 0 Å². The van der Waals surface area contributed by atoms with Gasteiger partial charge in [-0.25, -0.2) is 0 Å². The molecule has 2 rings (SSSR count). The summed E-state index contributed by atoms with van der Waals surface area (Å²) in [6.07, 6.45) is 4.99.